The number of nitrogens with two attached hydrogens (primary N) is 1. The Bertz CT molecular complexity index is 895. The molecule has 1 heterocycles. The lowest BCUT2D eigenvalue weighted by Gasteiger charge is -2.28. The standard InChI is InChI=1S/C19H17F2NO4/c1-3-25-19(23)17-16(10-4-7-13(20)14(21)8-10)12-6-5-11(24-2)9-15(12)26-18(17)22/h4-9,16H,3,22H2,1-2H3. The highest BCUT2D eigenvalue weighted by Crippen LogP contribution is 2.44. The maximum atomic E-state index is 13.8. The fourth-order valence-electron chi connectivity index (χ4n) is 2.91. The monoisotopic (exact) mass is 361 g/mol. The first kappa shape index (κ1) is 17.7. The molecule has 7 heteroatoms. The van der Waals surface area contributed by atoms with E-state index in [1.807, 2.05) is 0 Å². The van der Waals surface area contributed by atoms with Gasteiger partial charge >= 0.3 is 5.97 Å². The molecule has 0 saturated heterocycles. The number of fused-ring (bicyclic) bond motifs is 1. The summed E-state index contributed by atoms with van der Waals surface area (Å²) >= 11 is 0. The number of halogens is 2. The van der Waals surface area contributed by atoms with Crippen LogP contribution in [0.3, 0.4) is 0 Å². The molecule has 5 nitrogen and oxygen atoms in total. The lowest BCUT2D eigenvalue weighted by atomic mass is 9.83. The van der Waals surface area contributed by atoms with Crippen LogP contribution in [0, 0.1) is 11.6 Å². The fourth-order valence-corrected chi connectivity index (χ4v) is 2.91. The summed E-state index contributed by atoms with van der Waals surface area (Å²) in [7, 11) is 1.50. The molecule has 1 atom stereocenters. The molecule has 0 saturated carbocycles. The smallest absolute Gasteiger partial charge is 0.340 e. The zero-order valence-electron chi connectivity index (χ0n) is 14.2. The van der Waals surface area contributed by atoms with Crippen LogP contribution in [0.25, 0.3) is 0 Å². The summed E-state index contributed by atoms with van der Waals surface area (Å²) in [4.78, 5) is 12.4. The highest BCUT2D eigenvalue weighted by Gasteiger charge is 2.36. The third kappa shape index (κ3) is 3.08. The van der Waals surface area contributed by atoms with Crippen LogP contribution < -0.4 is 15.2 Å². The molecule has 0 bridgehead atoms. The normalized spacial score (nSPS) is 15.9. The second-order valence-electron chi connectivity index (χ2n) is 5.61. The van der Waals surface area contributed by atoms with E-state index >= 15 is 0 Å². The molecule has 0 spiro atoms. The van der Waals surface area contributed by atoms with E-state index in [9.17, 15) is 13.6 Å². The van der Waals surface area contributed by atoms with E-state index < -0.39 is 23.5 Å². The number of hydrogen-bond donors (Lipinski definition) is 1. The molecule has 2 aromatic carbocycles. The van der Waals surface area contributed by atoms with E-state index in [4.69, 9.17) is 19.9 Å². The molecule has 0 amide bonds. The van der Waals surface area contributed by atoms with Crippen molar-refractivity contribution < 1.29 is 27.8 Å². The van der Waals surface area contributed by atoms with Crippen LogP contribution >= 0.6 is 0 Å². The first-order valence-corrected chi connectivity index (χ1v) is 7.93. The highest BCUT2D eigenvalue weighted by atomic mass is 19.2. The number of carbonyl (C=O) groups excluding carboxylic acids is 1. The minimum Gasteiger partial charge on any atom is -0.497 e. The zero-order chi connectivity index (χ0) is 18.8. The van der Waals surface area contributed by atoms with Crippen molar-refractivity contribution in [3.05, 3.63) is 70.6 Å². The van der Waals surface area contributed by atoms with E-state index in [0.717, 1.165) is 12.1 Å². The van der Waals surface area contributed by atoms with Gasteiger partial charge in [-0.1, -0.05) is 12.1 Å². The van der Waals surface area contributed by atoms with Gasteiger partial charge in [-0.25, -0.2) is 13.6 Å². The maximum Gasteiger partial charge on any atom is 0.340 e. The van der Waals surface area contributed by atoms with Crippen molar-refractivity contribution in [2.45, 2.75) is 12.8 Å². The average Bonchev–Trinajstić information content (AvgIpc) is 2.62. The number of esters is 1. The van der Waals surface area contributed by atoms with Gasteiger partial charge in [0.25, 0.3) is 0 Å². The Morgan fingerprint density at radius 3 is 2.62 bits per heavy atom. The second kappa shape index (κ2) is 7.03. The molecule has 26 heavy (non-hydrogen) atoms. The third-order valence-corrected chi connectivity index (χ3v) is 4.08. The van der Waals surface area contributed by atoms with Crippen molar-refractivity contribution in [2.75, 3.05) is 13.7 Å². The third-order valence-electron chi connectivity index (χ3n) is 4.08. The minimum atomic E-state index is -1.02. The van der Waals surface area contributed by atoms with Crippen LogP contribution in [0.2, 0.25) is 0 Å². The summed E-state index contributed by atoms with van der Waals surface area (Å²) in [5.41, 5.74) is 6.91. The van der Waals surface area contributed by atoms with E-state index in [2.05, 4.69) is 0 Å². The van der Waals surface area contributed by atoms with Crippen molar-refractivity contribution in [3.8, 4) is 11.5 Å². The number of ether oxygens (including phenoxy) is 3. The van der Waals surface area contributed by atoms with E-state index in [1.165, 1.54) is 13.2 Å². The molecule has 3 rings (SSSR count). The summed E-state index contributed by atoms with van der Waals surface area (Å²) < 4.78 is 43.0. The Kier molecular flexibility index (Phi) is 4.79. The predicted octanol–water partition coefficient (Wildman–Crippen LogP) is 3.23. The minimum absolute atomic E-state index is 0.0375. The van der Waals surface area contributed by atoms with Gasteiger partial charge in [0, 0.05) is 11.6 Å². The Hall–Kier alpha value is -3.09. The van der Waals surface area contributed by atoms with Crippen molar-refractivity contribution in [1.29, 1.82) is 0 Å². The Labute approximate surface area is 149 Å². The largest absolute Gasteiger partial charge is 0.497 e. The topological polar surface area (TPSA) is 70.8 Å². The molecule has 1 aliphatic rings. The van der Waals surface area contributed by atoms with E-state index in [-0.39, 0.29) is 18.1 Å². The second-order valence-corrected chi connectivity index (χ2v) is 5.61. The first-order valence-electron chi connectivity index (χ1n) is 7.93. The van der Waals surface area contributed by atoms with Gasteiger partial charge in [-0.05, 0) is 30.7 Å². The molecule has 0 aliphatic carbocycles. The Morgan fingerprint density at radius 1 is 1.19 bits per heavy atom. The van der Waals surface area contributed by atoms with Gasteiger partial charge in [0.1, 0.15) is 17.1 Å². The van der Waals surface area contributed by atoms with Crippen LogP contribution in [-0.4, -0.2) is 19.7 Å². The zero-order valence-corrected chi connectivity index (χ0v) is 14.2. The SMILES string of the molecule is CCOC(=O)C1=C(N)Oc2cc(OC)ccc2C1c1ccc(F)c(F)c1. The molecular formula is C19H17F2NO4. The molecule has 136 valence electrons. The molecule has 1 unspecified atom stereocenters. The van der Waals surface area contributed by atoms with Crippen LogP contribution in [0.5, 0.6) is 11.5 Å². The first-order chi connectivity index (χ1) is 12.5. The molecular weight excluding hydrogens is 344 g/mol. The lowest BCUT2D eigenvalue weighted by molar-refractivity contribution is -0.139. The molecule has 2 N–H and O–H groups in total. The lowest BCUT2D eigenvalue weighted by Crippen LogP contribution is -2.27. The maximum absolute atomic E-state index is 13.8. The van der Waals surface area contributed by atoms with Crippen molar-refractivity contribution in [3.63, 3.8) is 0 Å². The summed E-state index contributed by atoms with van der Waals surface area (Å²) in [6.07, 6.45) is 0. The summed E-state index contributed by atoms with van der Waals surface area (Å²) in [5, 5.41) is 0. The average molecular weight is 361 g/mol. The number of methoxy groups -OCH3 is 1. The molecule has 1 aliphatic heterocycles. The van der Waals surface area contributed by atoms with Crippen LogP contribution in [0.1, 0.15) is 24.0 Å². The Balaban J connectivity index is 2.20. The summed E-state index contributed by atoms with van der Waals surface area (Å²) in [5.74, 6) is -2.71. The summed E-state index contributed by atoms with van der Waals surface area (Å²) in [6, 6.07) is 8.41. The van der Waals surface area contributed by atoms with Crippen LogP contribution in [0.4, 0.5) is 8.78 Å². The van der Waals surface area contributed by atoms with Crippen molar-refractivity contribution >= 4 is 5.97 Å². The summed E-state index contributed by atoms with van der Waals surface area (Å²) in [6.45, 7) is 1.79. The number of rotatable bonds is 4. The molecule has 0 fully saturated rings. The van der Waals surface area contributed by atoms with E-state index in [1.54, 1.807) is 25.1 Å². The highest BCUT2D eigenvalue weighted by molar-refractivity contribution is 5.92. The van der Waals surface area contributed by atoms with Gasteiger partial charge in [0.2, 0.25) is 5.88 Å². The van der Waals surface area contributed by atoms with Gasteiger partial charge in [0.05, 0.1) is 19.6 Å². The molecule has 2 aromatic rings. The van der Waals surface area contributed by atoms with Gasteiger partial charge in [-0.3, -0.25) is 0 Å². The fraction of sp³-hybridized carbons (Fsp3) is 0.211. The molecule has 0 aromatic heterocycles. The number of hydrogen-bond acceptors (Lipinski definition) is 5. The van der Waals surface area contributed by atoms with Gasteiger partial charge < -0.3 is 19.9 Å². The number of benzene rings is 2. The Morgan fingerprint density at radius 2 is 1.96 bits per heavy atom. The van der Waals surface area contributed by atoms with Crippen LogP contribution in [0.15, 0.2) is 47.9 Å². The van der Waals surface area contributed by atoms with Crippen molar-refractivity contribution in [2.24, 2.45) is 5.73 Å². The number of carbonyl (C=O) groups is 1. The van der Waals surface area contributed by atoms with Gasteiger partial charge in [-0.15, -0.1) is 0 Å². The van der Waals surface area contributed by atoms with Crippen molar-refractivity contribution in [1.82, 2.24) is 0 Å². The molecule has 0 radical (unpaired) electrons. The van der Waals surface area contributed by atoms with Crippen LogP contribution in [-0.2, 0) is 9.53 Å². The van der Waals surface area contributed by atoms with Gasteiger partial charge in [0.15, 0.2) is 11.6 Å². The quantitative estimate of drug-likeness (QED) is 0.847. The van der Waals surface area contributed by atoms with E-state index in [0.29, 0.717) is 22.6 Å². The van der Waals surface area contributed by atoms with Gasteiger partial charge in [-0.2, -0.15) is 0 Å². The predicted molar refractivity (Wildman–Crippen MR) is 89.7 cm³/mol.